The van der Waals surface area contributed by atoms with Gasteiger partial charge in [0.25, 0.3) is 0 Å². The van der Waals surface area contributed by atoms with Gasteiger partial charge in [0.2, 0.25) is 0 Å². The number of nitrogens with one attached hydrogen (secondary N) is 4. The van der Waals surface area contributed by atoms with E-state index in [0.29, 0.717) is 26.3 Å². The van der Waals surface area contributed by atoms with Crippen molar-refractivity contribution in [3.63, 3.8) is 0 Å². The molecule has 0 fully saturated rings. The van der Waals surface area contributed by atoms with Gasteiger partial charge in [0, 0.05) is 0 Å². The van der Waals surface area contributed by atoms with E-state index in [1.165, 1.54) is 8.92 Å². The van der Waals surface area contributed by atoms with Crippen LogP contribution in [0.2, 0.25) is 0 Å². The first kappa shape index (κ1) is 34.4. The van der Waals surface area contributed by atoms with E-state index >= 15 is 0 Å². The molecule has 0 saturated carbocycles. The van der Waals surface area contributed by atoms with Crippen LogP contribution in [-0.4, -0.2) is 81.4 Å². The Morgan fingerprint density at radius 3 is 1.96 bits per heavy atom. The van der Waals surface area contributed by atoms with Crippen LogP contribution >= 0.6 is 0 Å². The molecule has 8 aromatic rings. The second-order valence-electron chi connectivity index (χ2n) is 13.8. The number of anilines is 4. The van der Waals surface area contributed by atoms with Gasteiger partial charge in [-0.3, -0.25) is 0 Å². The molecule has 274 valence electrons. The Morgan fingerprint density at radius 1 is 0.696 bits per heavy atom. The summed E-state index contributed by atoms with van der Waals surface area (Å²) in [7, 11) is 10.5. The van der Waals surface area contributed by atoms with E-state index in [9.17, 15) is 0 Å². The summed E-state index contributed by atoms with van der Waals surface area (Å²) in [5, 5.41) is 7.42. The standard InChI is InChI=1S/C42H35N12Se2/c1-49-23-43-37-35(49)42-52(4)34(28-13-9-6-10-14-28)40(54(42)24-44-37)47-30-17-21-32(22-18-30)56-55-31-19-15-29(16-20-31)46-38-33(27-11-7-5-8-12-27)48-41-36-39(45-25-53(38)41)51(3)26-50(36)2/h5-26,46-47H,2H2,1,3-4H3/q+1/p+2. The summed E-state index contributed by atoms with van der Waals surface area (Å²) in [5.41, 5.74) is 9.99. The SMILES string of the molecule is [CH2-][N+]1=C[NH+](C)c2ncn3c(Nc4ccc([Se][Se]c5ccc(Nc6c(-c7ccccc7)[n+](C)c7c8c(ncn67)N=C[NH+]8C)cc5)cc4)c(-c4ccccc4)nc3c21. The predicted octanol–water partition coefficient (Wildman–Crippen LogP) is 2.74. The van der Waals surface area contributed by atoms with Crippen molar-refractivity contribution in [2.45, 2.75) is 0 Å². The number of imidazole rings is 2. The van der Waals surface area contributed by atoms with Crippen molar-refractivity contribution in [1.29, 1.82) is 0 Å². The van der Waals surface area contributed by atoms with E-state index in [4.69, 9.17) is 15.0 Å². The molecular formula is C42H37N12Se2+3. The van der Waals surface area contributed by atoms with Crippen molar-refractivity contribution in [2.24, 2.45) is 12.0 Å². The zero-order valence-corrected chi connectivity index (χ0v) is 34.2. The van der Waals surface area contributed by atoms with Crippen LogP contribution in [0.4, 0.5) is 46.0 Å². The van der Waals surface area contributed by atoms with Crippen LogP contribution in [0.1, 0.15) is 0 Å². The monoisotopic (exact) mass is 869 g/mol. The average molecular weight is 868 g/mol. The number of aromatic nitrogens is 6. The first-order chi connectivity index (χ1) is 27.4. The number of rotatable bonds is 9. The Labute approximate surface area is 334 Å². The van der Waals surface area contributed by atoms with Crippen LogP contribution in [-0.2, 0) is 7.05 Å². The molecule has 4 aromatic heterocycles. The fourth-order valence-electron chi connectivity index (χ4n) is 7.42. The molecule has 4 aromatic carbocycles. The third kappa shape index (κ3) is 5.87. The first-order valence-corrected chi connectivity index (χ1v) is 24.2. The summed E-state index contributed by atoms with van der Waals surface area (Å²) < 4.78 is 11.0. The molecule has 0 saturated heterocycles. The van der Waals surface area contributed by atoms with Gasteiger partial charge >= 0.3 is 336 Å². The minimum atomic E-state index is 0.320. The quantitative estimate of drug-likeness (QED) is 0.102. The molecule has 0 spiro atoms. The fraction of sp³-hybridized carbons (Fsp3) is 0.0714. The van der Waals surface area contributed by atoms with Gasteiger partial charge in [-0.25, -0.2) is 0 Å². The summed E-state index contributed by atoms with van der Waals surface area (Å²) in [6, 6.07) is 38.5. The van der Waals surface area contributed by atoms with E-state index in [2.05, 4.69) is 138 Å². The molecule has 4 N–H and O–H groups in total. The van der Waals surface area contributed by atoms with Crippen molar-refractivity contribution < 1.29 is 18.9 Å². The zero-order valence-electron chi connectivity index (χ0n) is 30.8. The van der Waals surface area contributed by atoms with Crippen LogP contribution < -0.4 is 33.9 Å². The summed E-state index contributed by atoms with van der Waals surface area (Å²) in [5.74, 6) is 3.51. The second kappa shape index (κ2) is 13.9. The van der Waals surface area contributed by atoms with Gasteiger partial charge in [-0.05, 0) is 0 Å². The number of nitrogens with zero attached hydrogens (tertiary/aromatic N) is 8. The molecule has 14 heteroatoms. The Morgan fingerprint density at radius 2 is 1.30 bits per heavy atom. The maximum atomic E-state index is 5.13. The van der Waals surface area contributed by atoms with Crippen LogP contribution in [0.25, 0.3) is 33.8 Å². The third-order valence-corrected chi connectivity index (χ3v) is 17.3. The molecule has 2 aliphatic heterocycles. The number of fused-ring (bicyclic) bond motifs is 6. The number of hydrogen-bond acceptors (Lipinski definition) is 6. The number of aliphatic imine (C=N–C) groups is 1. The molecule has 10 rings (SSSR count). The van der Waals surface area contributed by atoms with E-state index in [0.717, 1.165) is 89.6 Å². The van der Waals surface area contributed by atoms with Crippen LogP contribution in [0, 0.1) is 7.05 Å². The summed E-state index contributed by atoms with van der Waals surface area (Å²) >= 11 is 0.641. The molecule has 56 heavy (non-hydrogen) atoms. The number of hydrogen-bond donors (Lipinski definition) is 4. The van der Waals surface area contributed by atoms with Gasteiger partial charge in [-0.2, -0.15) is 0 Å². The fourth-order valence-corrected chi connectivity index (χ4v) is 13.4. The molecule has 0 amide bonds. The second-order valence-corrected chi connectivity index (χ2v) is 20.1. The van der Waals surface area contributed by atoms with Crippen molar-refractivity contribution >= 4 is 105 Å². The van der Waals surface area contributed by atoms with Crippen LogP contribution in [0.15, 0.2) is 127 Å². The summed E-state index contributed by atoms with van der Waals surface area (Å²) in [6.07, 6.45) is 7.63. The minimum absolute atomic E-state index is 0.320. The number of benzene rings is 4. The zero-order chi connectivity index (χ0) is 37.9. The van der Waals surface area contributed by atoms with Crippen molar-refractivity contribution in [1.82, 2.24) is 23.8 Å². The Bertz CT molecular complexity index is 2850. The molecule has 12 nitrogen and oxygen atoms in total. The Hall–Kier alpha value is -6.11. The molecular weight excluding hydrogens is 830 g/mol. The van der Waals surface area contributed by atoms with Crippen LogP contribution in [0.5, 0.6) is 0 Å². The number of aryl methyl sites for hydroxylation is 1. The van der Waals surface area contributed by atoms with Gasteiger partial charge in [0.1, 0.15) is 0 Å². The van der Waals surface area contributed by atoms with Gasteiger partial charge in [-0.15, -0.1) is 0 Å². The molecule has 2 atom stereocenters. The van der Waals surface area contributed by atoms with Crippen molar-refractivity contribution in [3.05, 3.63) is 129 Å². The van der Waals surface area contributed by atoms with Gasteiger partial charge in [0.05, 0.1) is 0 Å². The molecule has 0 bridgehead atoms. The van der Waals surface area contributed by atoms with E-state index in [1.807, 2.05) is 58.6 Å². The molecule has 6 heterocycles. The van der Waals surface area contributed by atoms with Crippen LogP contribution in [0.3, 0.4) is 0 Å². The van der Waals surface area contributed by atoms with Crippen molar-refractivity contribution in [3.8, 4) is 22.5 Å². The molecule has 0 aliphatic carbocycles. The normalized spacial score (nSPS) is 15.7. The van der Waals surface area contributed by atoms with Gasteiger partial charge in [0.15, 0.2) is 0 Å². The molecule has 2 unspecified atom stereocenters. The first-order valence-electron chi connectivity index (χ1n) is 18.1. The van der Waals surface area contributed by atoms with Gasteiger partial charge in [-0.1, -0.05) is 0 Å². The third-order valence-electron chi connectivity index (χ3n) is 10.1. The summed E-state index contributed by atoms with van der Waals surface area (Å²) in [4.78, 5) is 21.3. The molecule has 2 aliphatic rings. The molecule has 0 radical (unpaired) electrons. The maximum absolute atomic E-state index is 5.13. The van der Waals surface area contributed by atoms with E-state index in [1.54, 1.807) is 0 Å². The topological polar surface area (TPSA) is 99.7 Å². The van der Waals surface area contributed by atoms with E-state index in [-0.39, 0.29) is 0 Å². The van der Waals surface area contributed by atoms with Crippen molar-refractivity contribution in [2.75, 3.05) is 24.7 Å². The summed E-state index contributed by atoms with van der Waals surface area (Å²) in [6.45, 7) is 0. The Kier molecular flexibility index (Phi) is 8.52. The van der Waals surface area contributed by atoms with E-state index < -0.39 is 0 Å². The predicted molar refractivity (Wildman–Crippen MR) is 223 cm³/mol. The van der Waals surface area contributed by atoms with Gasteiger partial charge < -0.3 is 0 Å². The number of quaternary nitrogens is 2. The average Bonchev–Trinajstić information content (AvgIpc) is 3.96. The Balaban J connectivity index is 0.873.